The van der Waals surface area contributed by atoms with Crippen molar-refractivity contribution in [1.82, 2.24) is 34.2 Å². The molecule has 4 rings (SSSR count). The van der Waals surface area contributed by atoms with Crippen molar-refractivity contribution >= 4 is 5.91 Å². The maximum absolute atomic E-state index is 12.5. The second-order valence-electron chi connectivity index (χ2n) is 6.47. The fourth-order valence-corrected chi connectivity index (χ4v) is 3.19. The van der Waals surface area contributed by atoms with Gasteiger partial charge in [-0.1, -0.05) is 0 Å². The van der Waals surface area contributed by atoms with Gasteiger partial charge in [0.25, 0.3) is 5.91 Å². The van der Waals surface area contributed by atoms with Crippen LogP contribution in [-0.2, 0) is 13.1 Å². The predicted molar refractivity (Wildman–Crippen MR) is 91.1 cm³/mol. The van der Waals surface area contributed by atoms with E-state index in [9.17, 15) is 4.79 Å². The van der Waals surface area contributed by atoms with Crippen LogP contribution in [0.1, 0.15) is 27.9 Å². The Morgan fingerprint density at radius 2 is 1.96 bits per heavy atom. The van der Waals surface area contributed by atoms with E-state index in [0.29, 0.717) is 25.3 Å². The molecule has 1 amide bonds. The SMILES string of the molecule is Cc1cc(C)n(C2CN(C(=O)c3ccn(CCn4cccn4)n3)C2)n1. The second-order valence-corrected chi connectivity index (χ2v) is 6.47. The first-order valence-corrected chi connectivity index (χ1v) is 8.43. The van der Waals surface area contributed by atoms with E-state index < -0.39 is 0 Å². The molecule has 1 aliphatic rings. The summed E-state index contributed by atoms with van der Waals surface area (Å²) in [6, 6.07) is 5.99. The van der Waals surface area contributed by atoms with Crippen LogP contribution >= 0.6 is 0 Å². The number of carbonyl (C=O) groups excluding carboxylic acids is 1. The number of carbonyl (C=O) groups is 1. The van der Waals surface area contributed by atoms with Crippen LogP contribution in [0.2, 0.25) is 0 Å². The fourth-order valence-electron chi connectivity index (χ4n) is 3.19. The zero-order valence-electron chi connectivity index (χ0n) is 14.4. The molecule has 1 fully saturated rings. The van der Waals surface area contributed by atoms with Crippen LogP contribution in [0.4, 0.5) is 0 Å². The number of aryl methyl sites for hydroxylation is 4. The van der Waals surface area contributed by atoms with Crippen LogP contribution in [0, 0.1) is 13.8 Å². The third-order valence-electron chi connectivity index (χ3n) is 4.52. The number of amides is 1. The Morgan fingerprint density at radius 3 is 2.64 bits per heavy atom. The Balaban J connectivity index is 1.34. The highest BCUT2D eigenvalue weighted by Gasteiger charge is 2.34. The molecule has 25 heavy (non-hydrogen) atoms. The number of hydrogen-bond donors (Lipinski definition) is 0. The first kappa shape index (κ1) is 15.6. The number of rotatable bonds is 5. The van der Waals surface area contributed by atoms with Crippen LogP contribution in [0.15, 0.2) is 36.8 Å². The van der Waals surface area contributed by atoms with E-state index in [0.717, 1.165) is 17.9 Å². The average molecular weight is 339 g/mol. The highest BCUT2D eigenvalue weighted by molar-refractivity contribution is 5.92. The van der Waals surface area contributed by atoms with Gasteiger partial charge in [-0.3, -0.25) is 18.8 Å². The maximum atomic E-state index is 12.5. The first-order chi connectivity index (χ1) is 12.1. The fraction of sp³-hybridized carbons (Fsp3) is 0.412. The van der Waals surface area contributed by atoms with Crippen LogP contribution in [-0.4, -0.2) is 53.2 Å². The van der Waals surface area contributed by atoms with Gasteiger partial charge >= 0.3 is 0 Å². The van der Waals surface area contributed by atoms with Gasteiger partial charge in [0.15, 0.2) is 0 Å². The molecule has 0 atom stereocenters. The van der Waals surface area contributed by atoms with Gasteiger partial charge in [0.1, 0.15) is 5.69 Å². The molecule has 0 N–H and O–H groups in total. The monoisotopic (exact) mass is 339 g/mol. The van der Waals surface area contributed by atoms with Crippen molar-refractivity contribution in [2.75, 3.05) is 13.1 Å². The quantitative estimate of drug-likeness (QED) is 0.702. The largest absolute Gasteiger partial charge is 0.333 e. The molecule has 0 aliphatic carbocycles. The molecule has 0 unspecified atom stereocenters. The van der Waals surface area contributed by atoms with E-state index in [1.54, 1.807) is 16.9 Å². The van der Waals surface area contributed by atoms with Crippen molar-refractivity contribution in [1.29, 1.82) is 0 Å². The van der Waals surface area contributed by atoms with Crippen molar-refractivity contribution < 1.29 is 4.79 Å². The molecule has 0 saturated carbocycles. The average Bonchev–Trinajstić information content (AvgIpc) is 3.26. The molecule has 0 aromatic carbocycles. The minimum absolute atomic E-state index is 0.0179. The molecule has 8 heteroatoms. The van der Waals surface area contributed by atoms with E-state index in [4.69, 9.17) is 0 Å². The molecule has 0 radical (unpaired) electrons. The van der Waals surface area contributed by atoms with Gasteiger partial charge in [0.2, 0.25) is 0 Å². The topological polar surface area (TPSA) is 73.8 Å². The van der Waals surface area contributed by atoms with Gasteiger partial charge < -0.3 is 4.90 Å². The summed E-state index contributed by atoms with van der Waals surface area (Å²) in [5.41, 5.74) is 2.64. The lowest BCUT2D eigenvalue weighted by molar-refractivity contribution is 0.0490. The summed E-state index contributed by atoms with van der Waals surface area (Å²) in [4.78, 5) is 14.4. The lowest BCUT2D eigenvalue weighted by Gasteiger charge is -2.39. The number of hydrogen-bond acceptors (Lipinski definition) is 4. The Morgan fingerprint density at radius 1 is 1.16 bits per heavy atom. The van der Waals surface area contributed by atoms with Crippen molar-refractivity contribution in [2.45, 2.75) is 33.0 Å². The van der Waals surface area contributed by atoms with E-state index in [-0.39, 0.29) is 11.9 Å². The van der Waals surface area contributed by atoms with Gasteiger partial charge in [-0.05, 0) is 32.0 Å². The lowest BCUT2D eigenvalue weighted by Crippen LogP contribution is -2.51. The third kappa shape index (κ3) is 3.07. The van der Waals surface area contributed by atoms with Crippen LogP contribution in [0.5, 0.6) is 0 Å². The Labute approximate surface area is 145 Å². The summed E-state index contributed by atoms with van der Waals surface area (Å²) in [5, 5.41) is 13.1. The standard InChI is InChI=1S/C17H21N7O/c1-13-10-14(2)24(19-13)15-11-21(12-15)17(25)16-4-7-23(20-16)9-8-22-6-3-5-18-22/h3-7,10,15H,8-9,11-12H2,1-2H3. The number of nitrogens with zero attached hydrogens (tertiary/aromatic N) is 7. The minimum Gasteiger partial charge on any atom is -0.333 e. The smallest absolute Gasteiger partial charge is 0.274 e. The van der Waals surface area contributed by atoms with E-state index in [2.05, 4.69) is 21.4 Å². The number of aromatic nitrogens is 6. The lowest BCUT2D eigenvalue weighted by atomic mass is 10.1. The highest BCUT2D eigenvalue weighted by Crippen LogP contribution is 2.24. The second kappa shape index (κ2) is 6.19. The Hall–Kier alpha value is -2.90. The molecular formula is C17H21N7O. The molecule has 1 aliphatic heterocycles. The molecule has 3 aromatic heterocycles. The third-order valence-corrected chi connectivity index (χ3v) is 4.52. The molecular weight excluding hydrogens is 318 g/mol. The summed E-state index contributed by atoms with van der Waals surface area (Å²) in [5.74, 6) is -0.0179. The van der Waals surface area contributed by atoms with Crippen molar-refractivity contribution in [3.8, 4) is 0 Å². The van der Waals surface area contributed by atoms with Crippen molar-refractivity contribution in [3.63, 3.8) is 0 Å². The minimum atomic E-state index is -0.0179. The molecule has 4 heterocycles. The molecule has 1 saturated heterocycles. The number of likely N-dealkylation sites (tertiary alicyclic amines) is 1. The summed E-state index contributed by atoms with van der Waals surface area (Å²) >= 11 is 0. The Bertz CT molecular complexity index is 871. The van der Waals surface area contributed by atoms with Crippen LogP contribution in [0.25, 0.3) is 0 Å². The summed E-state index contributed by atoms with van der Waals surface area (Å²) in [6.07, 6.45) is 5.50. The zero-order chi connectivity index (χ0) is 17.4. The molecule has 0 bridgehead atoms. The van der Waals surface area contributed by atoms with Crippen LogP contribution in [0.3, 0.4) is 0 Å². The molecule has 8 nitrogen and oxygen atoms in total. The molecule has 0 spiro atoms. The van der Waals surface area contributed by atoms with Gasteiger partial charge in [-0.2, -0.15) is 15.3 Å². The highest BCUT2D eigenvalue weighted by atomic mass is 16.2. The maximum Gasteiger partial charge on any atom is 0.274 e. The Kier molecular flexibility index (Phi) is 3.87. The van der Waals surface area contributed by atoms with Gasteiger partial charge in [-0.15, -0.1) is 0 Å². The first-order valence-electron chi connectivity index (χ1n) is 8.43. The van der Waals surface area contributed by atoms with Gasteiger partial charge in [0.05, 0.1) is 24.8 Å². The summed E-state index contributed by atoms with van der Waals surface area (Å²) < 4.78 is 5.65. The normalized spacial score (nSPS) is 14.7. The molecule has 3 aromatic rings. The summed E-state index contributed by atoms with van der Waals surface area (Å²) in [6.45, 7) is 6.81. The van der Waals surface area contributed by atoms with E-state index >= 15 is 0 Å². The zero-order valence-corrected chi connectivity index (χ0v) is 14.4. The predicted octanol–water partition coefficient (Wildman–Crippen LogP) is 1.29. The van der Waals surface area contributed by atoms with Gasteiger partial charge in [0, 0.05) is 37.4 Å². The summed E-state index contributed by atoms with van der Waals surface area (Å²) in [7, 11) is 0. The van der Waals surface area contributed by atoms with Crippen LogP contribution < -0.4 is 0 Å². The van der Waals surface area contributed by atoms with Crippen molar-refractivity contribution in [3.05, 3.63) is 53.9 Å². The van der Waals surface area contributed by atoms with Gasteiger partial charge in [-0.25, -0.2) is 0 Å². The van der Waals surface area contributed by atoms with Crippen molar-refractivity contribution in [2.24, 2.45) is 0 Å². The van der Waals surface area contributed by atoms with E-state index in [1.807, 2.05) is 46.6 Å². The van der Waals surface area contributed by atoms with E-state index in [1.165, 1.54) is 0 Å². The molecule has 130 valence electrons.